The predicted octanol–water partition coefficient (Wildman–Crippen LogP) is 2.98. The van der Waals surface area contributed by atoms with E-state index in [-0.39, 0.29) is 23.3 Å². The Balaban J connectivity index is 3.02. The summed E-state index contributed by atoms with van der Waals surface area (Å²) in [5, 5.41) is 0. The van der Waals surface area contributed by atoms with Crippen molar-refractivity contribution in [2.75, 3.05) is 23.8 Å². The molecule has 0 atom stereocenters. The fraction of sp³-hybridized carbons (Fsp3) is 0.500. The molecule has 0 unspecified atom stereocenters. The second-order valence-electron chi connectivity index (χ2n) is 4.43. The Morgan fingerprint density at radius 1 is 1.17 bits per heavy atom. The maximum absolute atomic E-state index is 12.9. The zero-order valence-electron chi connectivity index (χ0n) is 10.00. The van der Waals surface area contributed by atoms with Gasteiger partial charge in [0.25, 0.3) is 0 Å². The zero-order chi connectivity index (χ0) is 13.8. The van der Waals surface area contributed by atoms with E-state index in [0.717, 1.165) is 5.56 Å². The van der Waals surface area contributed by atoms with Gasteiger partial charge in [0, 0.05) is 23.4 Å². The highest BCUT2D eigenvalue weighted by Crippen LogP contribution is 2.31. The van der Waals surface area contributed by atoms with Crippen molar-refractivity contribution in [1.82, 2.24) is 0 Å². The van der Waals surface area contributed by atoms with Crippen LogP contribution in [-0.4, -0.2) is 32.2 Å². The molecule has 0 radical (unpaired) electrons. The topological polar surface area (TPSA) is 34.1 Å². The highest BCUT2D eigenvalue weighted by atomic mass is 35.5. The Kier molecular flexibility index (Phi) is 5.44. The van der Waals surface area contributed by atoms with Gasteiger partial charge in [-0.05, 0) is 24.1 Å². The molecule has 1 aromatic carbocycles. The molecule has 0 spiro atoms. The highest BCUT2D eigenvalue weighted by Gasteiger charge is 2.31. The highest BCUT2D eigenvalue weighted by molar-refractivity contribution is 7.90. The summed E-state index contributed by atoms with van der Waals surface area (Å²) in [6.45, 7) is 0. The molecule has 0 saturated heterocycles. The Hall–Kier alpha value is -0.320. The van der Waals surface area contributed by atoms with Crippen molar-refractivity contribution in [2.24, 2.45) is 0 Å². The monoisotopic (exact) mass is 312 g/mol. The minimum Gasteiger partial charge on any atom is -0.229 e. The van der Waals surface area contributed by atoms with Crippen LogP contribution in [0.4, 0.5) is 4.39 Å². The van der Waals surface area contributed by atoms with Crippen molar-refractivity contribution >= 4 is 33.0 Å². The van der Waals surface area contributed by atoms with E-state index in [0.29, 0.717) is 6.42 Å². The summed E-state index contributed by atoms with van der Waals surface area (Å²) in [5.41, 5.74) is 0.123. The van der Waals surface area contributed by atoms with Gasteiger partial charge < -0.3 is 0 Å². The molecule has 0 saturated carbocycles. The number of sulfone groups is 1. The van der Waals surface area contributed by atoms with Crippen LogP contribution >= 0.6 is 23.2 Å². The molecule has 2 nitrogen and oxygen atoms in total. The average Bonchev–Trinajstić information content (AvgIpc) is 2.32. The van der Waals surface area contributed by atoms with E-state index in [2.05, 4.69) is 0 Å². The zero-order valence-corrected chi connectivity index (χ0v) is 12.3. The number of hydrogen-bond acceptors (Lipinski definition) is 2. The van der Waals surface area contributed by atoms with Gasteiger partial charge in [0.15, 0.2) is 0 Å². The number of hydrogen-bond donors (Lipinski definition) is 0. The van der Waals surface area contributed by atoms with Crippen molar-refractivity contribution < 1.29 is 12.8 Å². The van der Waals surface area contributed by atoms with Crippen LogP contribution in [0, 0.1) is 5.82 Å². The van der Waals surface area contributed by atoms with Gasteiger partial charge in [-0.25, -0.2) is 12.8 Å². The van der Waals surface area contributed by atoms with Crippen molar-refractivity contribution in [2.45, 2.75) is 11.8 Å². The first-order valence-electron chi connectivity index (χ1n) is 5.39. The van der Waals surface area contributed by atoms with Crippen LogP contribution in [0.3, 0.4) is 0 Å². The number of rotatable bonds is 6. The third-order valence-electron chi connectivity index (χ3n) is 2.92. The smallest absolute Gasteiger partial charge is 0.147 e. The Morgan fingerprint density at radius 2 is 1.67 bits per heavy atom. The van der Waals surface area contributed by atoms with Gasteiger partial charge >= 0.3 is 0 Å². The number of halogens is 3. The van der Waals surface area contributed by atoms with Gasteiger partial charge in [-0.1, -0.05) is 12.1 Å². The minimum absolute atomic E-state index is 0.00379. The fourth-order valence-electron chi connectivity index (χ4n) is 1.65. The molecule has 0 aliphatic carbocycles. The van der Waals surface area contributed by atoms with Crippen LogP contribution in [0.15, 0.2) is 24.3 Å². The standard InChI is InChI=1S/C12H15Cl2FO2S/c1-18(16,17)7-6-12(8-13,9-14)10-2-4-11(15)5-3-10/h2-5H,6-9H2,1H3. The van der Waals surface area contributed by atoms with Gasteiger partial charge in [-0.2, -0.15) is 0 Å². The molecule has 1 aromatic rings. The van der Waals surface area contributed by atoms with E-state index in [1.807, 2.05) is 0 Å². The molecule has 0 aliphatic rings. The molecule has 0 heterocycles. The first-order chi connectivity index (χ1) is 8.33. The lowest BCUT2D eigenvalue weighted by molar-refractivity contribution is 0.511. The lowest BCUT2D eigenvalue weighted by atomic mass is 9.82. The van der Waals surface area contributed by atoms with Gasteiger partial charge in [0.2, 0.25) is 0 Å². The normalized spacial score (nSPS) is 12.7. The van der Waals surface area contributed by atoms with E-state index in [1.165, 1.54) is 18.4 Å². The van der Waals surface area contributed by atoms with Crippen molar-refractivity contribution in [3.63, 3.8) is 0 Å². The SMILES string of the molecule is CS(=O)(=O)CCC(CCl)(CCl)c1ccc(F)cc1. The quantitative estimate of drug-likeness (QED) is 0.757. The van der Waals surface area contributed by atoms with E-state index >= 15 is 0 Å². The summed E-state index contributed by atoms with van der Waals surface area (Å²) in [4.78, 5) is 0. The predicted molar refractivity (Wildman–Crippen MR) is 73.8 cm³/mol. The summed E-state index contributed by atoms with van der Waals surface area (Å²) >= 11 is 11.9. The Labute approximate surface area is 117 Å². The molecular formula is C12H15Cl2FO2S. The lowest BCUT2D eigenvalue weighted by Crippen LogP contribution is -2.33. The molecule has 18 heavy (non-hydrogen) atoms. The van der Waals surface area contributed by atoms with E-state index < -0.39 is 15.3 Å². The minimum atomic E-state index is -3.09. The van der Waals surface area contributed by atoms with Crippen molar-refractivity contribution in [3.05, 3.63) is 35.6 Å². The average molecular weight is 313 g/mol. The summed E-state index contributed by atoms with van der Waals surface area (Å²) in [7, 11) is -3.09. The maximum atomic E-state index is 12.9. The summed E-state index contributed by atoms with van der Waals surface area (Å²) in [6.07, 6.45) is 1.50. The molecule has 6 heteroatoms. The van der Waals surface area contributed by atoms with Crippen LogP contribution < -0.4 is 0 Å². The molecule has 0 fully saturated rings. The van der Waals surface area contributed by atoms with E-state index in [1.54, 1.807) is 12.1 Å². The third kappa shape index (κ3) is 4.11. The second kappa shape index (κ2) is 6.22. The lowest BCUT2D eigenvalue weighted by Gasteiger charge is -2.30. The molecule has 0 amide bonds. The van der Waals surface area contributed by atoms with Crippen LogP contribution in [0.25, 0.3) is 0 Å². The van der Waals surface area contributed by atoms with Crippen LogP contribution in [0.5, 0.6) is 0 Å². The molecule has 0 aromatic heterocycles. The van der Waals surface area contributed by atoms with Gasteiger partial charge in [0.05, 0.1) is 5.75 Å². The molecule has 0 N–H and O–H groups in total. The Morgan fingerprint density at radius 3 is 2.06 bits per heavy atom. The van der Waals surface area contributed by atoms with Crippen molar-refractivity contribution in [3.8, 4) is 0 Å². The van der Waals surface area contributed by atoms with E-state index in [9.17, 15) is 12.8 Å². The maximum Gasteiger partial charge on any atom is 0.147 e. The molecule has 102 valence electrons. The summed E-state index contributed by atoms with van der Waals surface area (Å²) in [6, 6.07) is 5.85. The fourth-order valence-corrected chi connectivity index (χ4v) is 3.28. The first kappa shape index (κ1) is 15.7. The summed E-state index contributed by atoms with van der Waals surface area (Å²) in [5.74, 6) is 0.0407. The number of alkyl halides is 2. The van der Waals surface area contributed by atoms with Crippen LogP contribution in [0.1, 0.15) is 12.0 Å². The van der Waals surface area contributed by atoms with Crippen LogP contribution in [0.2, 0.25) is 0 Å². The third-order valence-corrected chi connectivity index (χ3v) is 4.89. The number of benzene rings is 1. The molecule has 0 aliphatic heterocycles. The van der Waals surface area contributed by atoms with E-state index in [4.69, 9.17) is 23.2 Å². The Bertz CT molecular complexity index is 481. The molecule has 0 bridgehead atoms. The summed E-state index contributed by atoms with van der Waals surface area (Å²) < 4.78 is 35.4. The van der Waals surface area contributed by atoms with Gasteiger partial charge in [-0.15, -0.1) is 23.2 Å². The van der Waals surface area contributed by atoms with Crippen molar-refractivity contribution in [1.29, 1.82) is 0 Å². The van der Waals surface area contributed by atoms with Crippen LogP contribution in [-0.2, 0) is 15.3 Å². The largest absolute Gasteiger partial charge is 0.229 e. The van der Waals surface area contributed by atoms with Gasteiger partial charge in [-0.3, -0.25) is 0 Å². The second-order valence-corrected chi connectivity index (χ2v) is 7.23. The van der Waals surface area contributed by atoms with Gasteiger partial charge in [0.1, 0.15) is 15.7 Å². The molecular weight excluding hydrogens is 298 g/mol. The molecule has 1 rings (SSSR count). The first-order valence-corrected chi connectivity index (χ1v) is 8.52.